The van der Waals surface area contributed by atoms with E-state index in [1.54, 1.807) is 30.3 Å². The fraction of sp³-hybridized carbons (Fsp3) is 0.250. The van der Waals surface area contributed by atoms with Crippen LogP contribution in [0.1, 0.15) is 18.1 Å². The number of hydrogen-bond donors (Lipinski definition) is 2. The van der Waals surface area contributed by atoms with Crippen molar-refractivity contribution in [3.05, 3.63) is 53.6 Å². The number of nitrogens with one attached hydrogen (secondary N) is 2. The molecule has 2 aromatic rings. The molecule has 0 unspecified atom stereocenters. The Morgan fingerprint density at radius 1 is 0.889 bits per heavy atom. The van der Waals surface area contributed by atoms with Gasteiger partial charge in [0, 0.05) is 18.3 Å². The van der Waals surface area contributed by atoms with E-state index in [4.69, 9.17) is 9.47 Å². The minimum absolute atomic E-state index is 0.212. The Kier molecular flexibility index (Phi) is 6.93. The van der Waals surface area contributed by atoms with E-state index in [1.165, 1.54) is 6.92 Å². The molecule has 0 aliphatic heterocycles. The topological polar surface area (TPSA) is 93.7 Å². The van der Waals surface area contributed by atoms with Gasteiger partial charge in [-0.05, 0) is 55.3 Å². The van der Waals surface area contributed by atoms with Crippen molar-refractivity contribution in [2.45, 2.75) is 20.8 Å². The van der Waals surface area contributed by atoms with Gasteiger partial charge in [-0.25, -0.2) is 4.79 Å². The number of hydrogen-bond acceptors (Lipinski definition) is 5. The number of esters is 1. The smallest absolute Gasteiger partial charge is 0.344 e. The summed E-state index contributed by atoms with van der Waals surface area (Å²) in [6.07, 6.45) is 0. The average molecular weight is 370 g/mol. The lowest BCUT2D eigenvalue weighted by atomic mass is 10.1. The van der Waals surface area contributed by atoms with E-state index >= 15 is 0 Å². The molecule has 0 spiro atoms. The van der Waals surface area contributed by atoms with Crippen molar-refractivity contribution in [1.82, 2.24) is 0 Å². The molecule has 0 aliphatic rings. The fourth-order valence-corrected chi connectivity index (χ4v) is 2.21. The molecule has 0 heterocycles. The molecule has 2 N–H and O–H groups in total. The van der Waals surface area contributed by atoms with Crippen LogP contribution in [0.3, 0.4) is 0 Å². The van der Waals surface area contributed by atoms with E-state index < -0.39 is 18.5 Å². The maximum atomic E-state index is 11.9. The minimum Gasteiger partial charge on any atom is -0.482 e. The molecule has 7 nitrogen and oxygen atoms in total. The van der Waals surface area contributed by atoms with Crippen molar-refractivity contribution >= 4 is 29.2 Å². The van der Waals surface area contributed by atoms with Crippen LogP contribution in [0.4, 0.5) is 11.4 Å². The maximum Gasteiger partial charge on any atom is 0.344 e. The third-order valence-electron chi connectivity index (χ3n) is 3.67. The van der Waals surface area contributed by atoms with Gasteiger partial charge < -0.3 is 20.1 Å². The molecule has 2 amide bonds. The number of amides is 2. The Labute approximate surface area is 157 Å². The van der Waals surface area contributed by atoms with Crippen LogP contribution in [-0.2, 0) is 19.1 Å². The maximum absolute atomic E-state index is 11.9. The van der Waals surface area contributed by atoms with Crippen LogP contribution in [0.25, 0.3) is 0 Å². The molecule has 2 aromatic carbocycles. The summed E-state index contributed by atoms with van der Waals surface area (Å²) in [6, 6.07) is 12.1. The third-order valence-corrected chi connectivity index (χ3v) is 3.67. The summed E-state index contributed by atoms with van der Waals surface area (Å²) in [5.74, 6) is -0.782. The Morgan fingerprint density at radius 3 is 2.26 bits per heavy atom. The molecule has 2 rings (SSSR count). The standard InChI is InChI=1S/C20H22N2O5/c1-13-7-8-18(9-14(13)2)26-12-20(25)27-11-19(24)22-17-6-4-5-16(10-17)21-15(3)23/h4-10H,11-12H2,1-3H3,(H,21,23)(H,22,24). The first kappa shape index (κ1) is 20.0. The van der Waals surface area contributed by atoms with Crippen molar-refractivity contribution in [3.63, 3.8) is 0 Å². The van der Waals surface area contributed by atoms with E-state index in [-0.39, 0.29) is 12.5 Å². The van der Waals surface area contributed by atoms with Gasteiger partial charge in [0.15, 0.2) is 13.2 Å². The predicted octanol–water partition coefficient (Wildman–Crippen LogP) is 2.82. The van der Waals surface area contributed by atoms with Crippen molar-refractivity contribution in [1.29, 1.82) is 0 Å². The molecule has 0 saturated carbocycles. The van der Waals surface area contributed by atoms with Crippen LogP contribution in [0, 0.1) is 13.8 Å². The zero-order valence-electron chi connectivity index (χ0n) is 15.5. The second kappa shape index (κ2) is 9.38. The summed E-state index contributed by atoms with van der Waals surface area (Å²) in [4.78, 5) is 34.7. The Balaban J connectivity index is 1.77. The molecule has 0 aliphatic carbocycles. The highest BCUT2D eigenvalue weighted by Gasteiger charge is 2.10. The van der Waals surface area contributed by atoms with Gasteiger partial charge in [0.25, 0.3) is 5.91 Å². The monoisotopic (exact) mass is 370 g/mol. The van der Waals surface area contributed by atoms with E-state index in [1.807, 2.05) is 26.0 Å². The van der Waals surface area contributed by atoms with Crippen molar-refractivity contribution in [3.8, 4) is 5.75 Å². The van der Waals surface area contributed by atoms with E-state index in [9.17, 15) is 14.4 Å². The fourth-order valence-electron chi connectivity index (χ4n) is 2.21. The molecule has 0 radical (unpaired) electrons. The molecular weight excluding hydrogens is 348 g/mol. The van der Waals surface area contributed by atoms with Gasteiger partial charge in [-0.2, -0.15) is 0 Å². The second-order valence-electron chi connectivity index (χ2n) is 6.01. The van der Waals surface area contributed by atoms with Crippen LogP contribution < -0.4 is 15.4 Å². The number of aryl methyl sites for hydroxylation is 2. The SMILES string of the molecule is CC(=O)Nc1cccc(NC(=O)COC(=O)COc2ccc(C)c(C)c2)c1. The summed E-state index contributed by atoms with van der Waals surface area (Å²) in [6.45, 7) is 4.61. The number of rotatable bonds is 7. The van der Waals surface area contributed by atoms with Crippen molar-refractivity contribution in [2.75, 3.05) is 23.8 Å². The molecule has 0 atom stereocenters. The zero-order chi connectivity index (χ0) is 19.8. The first-order valence-electron chi connectivity index (χ1n) is 8.36. The second-order valence-corrected chi connectivity index (χ2v) is 6.01. The molecular formula is C20H22N2O5. The van der Waals surface area contributed by atoms with Crippen LogP contribution in [0.2, 0.25) is 0 Å². The number of benzene rings is 2. The first-order valence-corrected chi connectivity index (χ1v) is 8.36. The molecule has 0 bridgehead atoms. The normalized spacial score (nSPS) is 10.0. The summed E-state index contributed by atoms with van der Waals surface area (Å²) in [7, 11) is 0. The largest absolute Gasteiger partial charge is 0.482 e. The Hall–Kier alpha value is -3.35. The van der Waals surface area contributed by atoms with Gasteiger partial charge in [0.1, 0.15) is 5.75 Å². The van der Waals surface area contributed by atoms with Gasteiger partial charge in [0.2, 0.25) is 5.91 Å². The van der Waals surface area contributed by atoms with Crippen LogP contribution >= 0.6 is 0 Å². The average Bonchev–Trinajstić information content (AvgIpc) is 2.60. The third kappa shape index (κ3) is 6.81. The highest BCUT2D eigenvalue weighted by atomic mass is 16.6. The lowest BCUT2D eigenvalue weighted by Crippen LogP contribution is -2.23. The van der Waals surface area contributed by atoms with Crippen LogP contribution in [-0.4, -0.2) is 31.0 Å². The van der Waals surface area contributed by atoms with Gasteiger partial charge >= 0.3 is 5.97 Å². The first-order chi connectivity index (χ1) is 12.8. The molecule has 142 valence electrons. The summed E-state index contributed by atoms with van der Waals surface area (Å²) in [5, 5.41) is 5.21. The quantitative estimate of drug-likeness (QED) is 0.731. The molecule has 0 saturated heterocycles. The van der Waals surface area contributed by atoms with Crippen molar-refractivity contribution in [2.24, 2.45) is 0 Å². The van der Waals surface area contributed by atoms with Gasteiger partial charge in [-0.3, -0.25) is 9.59 Å². The molecule has 27 heavy (non-hydrogen) atoms. The zero-order valence-corrected chi connectivity index (χ0v) is 15.5. The predicted molar refractivity (Wildman–Crippen MR) is 102 cm³/mol. The highest BCUT2D eigenvalue weighted by molar-refractivity contribution is 5.94. The van der Waals surface area contributed by atoms with Gasteiger partial charge in [-0.1, -0.05) is 12.1 Å². The number of carbonyl (C=O) groups excluding carboxylic acids is 3. The van der Waals surface area contributed by atoms with Gasteiger partial charge in [0.05, 0.1) is 0 Å². The van der Waals surface area contributed by atoms with E-state index in [2.05, 4.69) is 10.6 Å². The molecule has 7 heteroatoms. The summed E-state index contributed by atoms with van der Waals surface area (Å²) in [5.41, 5.74) is 3.22. The van der Waals surface area contributed by atoms with Crippen LogP contribution in [0.15, 0.2) is 42.5 Å². The molecule has 0 fully saturated rings. The van der Waals surface area contributed by atoms with Crippen molar-refractivity contribution < 1.29 is 23.9 Å². The molecule has 0 aromatic heterocycles. The number of carbonyl (C=O) groups is 3. The minimum atomic E-state index is -0.643. The summed E-state index contributed by atoms with van der Waals surface area (Å²) < 4.78 is 10.3. The van der Waals surface area contributed by atoms with Crippen LogP contribution in [0.5, 0.6) is 5.75 Å². The lowest BCUT2D eigenvalue weighted by molar-refractivity contribution is -0.149. The number of anilines is 2. The highest BCUT2D eigenvalue weighted by Crippen LogP contribution is 2.16. The van der Waals surface area contributed by atoms with E-state index in [0.29, 0.717) is 17.1 Å². The Morgan fingerprint density at radius 2 is 1.59 bits per heavy atom. The van der Waals surface area contributed by atoms with Gasteiger partial charge in [-0.15, -0.1) is 0 Å². The lowest BCUT2D eigenvalue weighted by Gasteiger charge is -2.10. The van der Waals surface area contributed by atoms with E-state index in [0.717, 1.165) is 11.1 Å². The summed E-state index contributed by atoms with van der Waals surface area (Å²) >= 11 is 0. The number of ether oxygens (including phenoxy) is 2. The Bertz CT molecular complexity index is 848.